The molecule has 0 bridgehead atoms. The molecule has 0 aliphatic carbocycles. The van der Waals surface area contributed by atoms with Gasteiger partial charge >= 0.3 is 6.18 Å². The number of alkyl halides is 3. The molecule has 1 heterocycles. The van der Waals surface area contributed by atoms with E-state index in [2.05, 4.69) is 16.5 Å². The van der Waals surface area contributed by atoms with Crippen molar-refractivity contribution in [1.82, 2.24) is 4.90 Å². The van der Waals surface area contributed by atoms with E-state index in [1.165, 1.54) is 29.8 Å². The minimum atomic E-state index is -4.23. The average Bonchev–Trinajstić information content (AvgIpc) is 3.15. The van der Waals surface area contributed by atoms with E-state index in [4.69, 9.17) is 0 Å². The summed E-state index contributed by atoms with van der Waals surface area (Å²) in [5, 5.41) is 0. The summed E-state index contributed by atoms with van der Waals surface area (Å²) in [5.74, 6) is 0.464. The lowest BCUT2D eigenvalue weighted by Crippen LogP contribution is -2.20. The Bertz CT molecular complexity index is 926. The standard InChI is InChI=1S/C22H27F3N2O2S/c1-2-14-27-15-12-19(16-27)18-5-7-20(8-6-18)26-30(28,29)21-9-3-17(4-10-21)11-13-22(23,24)25/h3-10,19,26H,2,11-16H2,1H3/t19-/m1/s1. The number of halogens is 3. The number of aryl methyl sites for hydroxylation is 1. The van der Waals surface area contributed by atoms with Crippen molar-refractivity contribution in [2.24, 2.45) is 0 Å². The molecule has 1 fully saturated rings. The molecule has 2 aromatic rings. The van der Waals surface area contributed by atoms with E-state index >= 15 is 0 Å². The van der Waals surface area contributed by atoms with Gasteiger partial charge in [-0.3, -0.25) is 4.72 Å². The lowest BCUT2D eigenvalue weighted by molar-refractivity contribution is -0.134. The van der Waals surface area contributed by atoms with Crippen LogP contribution in [0, 0.1) is 0 Å². The minimum absolute atomic E-state index is 0.0216. The Balaban J connectivity index is 1.61. The van der Waals surface area contributed by atoms with Crippen molar-refractivity contribution in [2.45, 2.75) is 49.6 Å². The maximum absolute atomic E-state index is 12.6. The smallest absolute Gasteiger partial charge is 0.303 e. The highest BCUT2D eigenvalue weighted by molar-refractivity contribution is 7.92. The van der Waals surface area contributed by atoms with Crippen LogP contribution in [0.5, 0.6) is 0 Å². The van der Waals surface area contributed by atoms with Crippen molar-refractivity contribution in [3.05, 3.63) is 59.7 Å². The van der Waals surface area contributed by atoms with Crippen LogP contribution >= 0.6 is 0 Å². The summed E-state index contributed by atoms with van der Waals surface area (Å²) in [7, 11) is -3.80. The van der Waals surface area contributed by atoms with Gasteiger partial charge in [-0.2, -0.15) is 13.2 Å². The Morgan fingerprint density at radius 1 is 1.07 bits per heavy atom. The van der Waals surface area contributed by atoms with Crippen molar-refractivity contribution in [1.29, 1.82) is 0 Å². The molecule has 1 saturated heterocycles. The van der Waals surface area contributed by atoms with Gasteiger partial charge in [0.05, 0.1) is 4.90 Å². The second kappa shape index (κ2) is 9.39. The molecule has 1 atom stereocenters. The fourth-order valence-corrected chi connectivity index (χ4v) is 4.84. The Morgan fingerprint density at radius 3 is 2.33 bits per heavy atom. The van der Waals surface area contributed by atoms with E-state index in [1.54, 1.807) is 12.1 Å². The van der Waals surface area contributed by atoms with Gasteiger partial charge in [0.25, 0.3) is 10.0 Å². The third kappa shape index (κ3) is 6.22. The Morgan fingerprint density at radius 2 is 1.73 bits per heavy atom. The number of anilines is 1. The van der Waals surface area contributed by atoms with Crippen LogP contribution in [-0.2, 0) is 16.4 Å². The van der Waals surface area contributed by atoms with Crippen LogP contribution in [-0.4, -0.2) is 39.1 Å². The number of nitrogens with one attached hydrogen (secondary N) is 1. The van der Waals surface area contributed by atoms with Crippen LogP contribution < -0.4 is 4.72 Å². The Kier molecular flexibility index (Phi) is 7.08. The quantitative estimate of drug-likeness (QED) is 0.615. The van der Waals surface area contributed by atoms with Crippen LogP contribution in [0.4, 0.5) is 18.9 Å². The predicted molar refractivity (Wildman–Crippen MR) is 112 cm³/mol. The maximum atomic E-state index is 12.6. The van der Waals surface area contributed by atoms with Gasteiger partial charge in [-0.25, -0.2) is 8.42 Å². The minimum Gasteiger partial charge on any atom is -0.303 e. The average molecular weight is 441 g/mol. The van der Waals surface area contributed by atoms with Crippen LogP contribution in [0.3, 0.4) is 0 Å². The third-order valence-electron chi connectivity index (χ3n) is 5.38. The van der Waals surface area contributed by atoms with E-state index in [0.717, 1.165) is 32.5 Å². The fraction of sp³-hybridized carbons (Fsp3) is 0.455. The van der Waals surface area contributed by atoms with E-state index in [1.807, 2.05) is 12.1 Å². The summed E-state index contributed by atoms with van der Waals surface area (Å²) < 4.78 is 64.7. The normalized spacial score (nSPS) is 17.9. The molecule has 0 amide bonds. The van der Waals surface area contributed by atoms with Crippen molar-refractivity contribution in [2.75, 3.05) is 24.4 Å². The van der Waals surface area contributed by atoms with Gasteiger partial charge in [0.15, 0.2) is 0 Å². The monoisotopic (exact) mass is 440 g/mol. The van der Waals surface area contributed by atoms with Gasteiger partial charge in [0, 0.05) is 18.7 Å². The highest BCUT2D eigenvalue weighted by Crippen LogP contribution is 2.29. The first-order valence-corrected chi connectivity index (χ1v) is 11.7. The molecule has 4 nitrogen and oxygen atoms in total. The highest BCUT2D eigenvalue weighted by atomic mass is 32.2. The summed E-state index contributed by atoms with van der Waals surface area (Å²) in [4.78, 5) is 2.47. The van der Waals surface area contributed by atoms with E-state index < -0.39 is 22.6 Å². The van der Waals surface area contributed by atoms with Crippen LogP contribution in [0.1, 0.15) is 43.2 Å². The highest BCUT2D eigenvalue weighted by Gasteiger charge is 2.26. The zero-order valence-corrected chi connectivity index (χ0v) is 17.8. The molecular weight excluding hydrogens is 413 g/mol. The Labute approximate surface area is 176 Å². The van der Waals surface area contributed by atoms with Gasteiger partial charge < -0.3 is 4.90 Å². The number of nitrogens with zero attached hydrogens (tertiary/aromatic N) is 1. The molecule has 1 N–H and O–H groups in total. The topological polar surface area (TPSA) is 49.4 Å². The molecule has 8 heteroatoms. The van der Waals surface area contributed by atoms with E-state index in [9.17, 15) is 21.6 Å². The first-order valence-electron chi connectivity index (χ1n) is 10.2. The molecule has 0 saturated carbocycles. The fourth-order valence-electron chi connectivity index (χ4n) is 3.78. The molecule has 0 aromatic heterocycles. The number of benzene rings is 2. The van der Waals surface area contributed by atoms with Gasteiger partial charge in [0.1, 0.15) is 0 Å². The zero-order valence-electron chi connectivity index (χ0n) is 17.0. The summed E-state index contributed by atoms with van der Waals surface area (Å²) in [5.41, 5.74) is 2.11. The SMILES string of the molecule is CCCN1CC[C@@H](c2ccc(NS(=O)(=O)c3ccc(CCC(F)(F)F)cc3)cc2)C1. The second-order valence-corrected chi connectivity index (χ2v) is 9.46. The molecule has 0 spiro atoms. The van der Waals surface area contributed by atoms with Gasteiger partial charge in [-0.05, 0) is 73.7 Å². The molecule has 30 heavy (non-hydrogen) atoms. The van der Waals surface area contributed by atoms with Gasteiger partial charge in [-0.15, -0.1) is 0 Å². The lowest BCUT2D eigenvalue weighted by atomic mass is 9.98. The molecule has 2 aromatic carbocycles. The summed E-state index contributed by atoms with van der Waals surface area (Å²) >= 11 is 0. The van der Waals surface area contributed by atoms with Crippen molar-refractivity contribution in [3.8, 4) is 0 Å². The summed E-state index contributed by atoms with van der Waals surface area (Å²) in [6.45, 7) is 5.39. The molecule has 0 radical (unpaired) electrons. The zero-order chi connectivity index (χ0) is 21.8. The van der Waals surface area contributed by atoms with Crippen molar-refractivity contribution < 1.29 is 21.6 Å². The maximum Gasteiger partial charge on any atom is 0.389 e. The van der Waals surface area contributed by atoms with Crippen LogP contribution in [0.25, 0.3) is 0 Å². The molecular formula is C22H27F3N2O2S. The van der Waals surface area contributed by atoms with E-state index in [0.29, 0.717) is 17.2 Å². The first kappa shape index (κ1) is 22.6. The number of sulfonamides is 1. The Hall–Kier alpha value is -2.06. The second-order valence-electron chi connectivity index (χ2n) is 7.77. The van der Waals surface area contributed by atoms with E-state index in [-0.39, 0.29) is 11.3 Å². The third-order valence-corrected chi connectivity index (χ3v) is 6.77. The lowest BCUT2D eigenvalue weighted by Gasteiger charge is -2.15. The largest absolute Gasteiger partial charge is 0.389 e. The molecule has 164 valence electrons. The predicted octanol–water partition coefficient (Wildman–Crippen LogP) is 5.18. The number of rotatable bonds is 8. The van der Waals surface area contributed by atoms with Gasteiger partial charge in [-0.1, -0.05) is 31.2 Å². The van der Waals surface area contributed by atoms with Crippen LogP contribution in [0.2, 0.25) is 0 Å². The van der Waals surface area contributed by atoms with Crippen molar-refractivity contribution in [3.63, 3.8) is 0 Å². The van der Waals surface area contributed by atoms with Crippen LogP contribution in [0.15, 0.2) is 53.4 Å². The summed E-state index contributed by atoms with van der Waals surface area (Å²) in [6, 6.07) is 12.9. The molecule has 0 unspecified atom stereocenters. The van der Waals surface area contributed by atoms with Crippen molar-refractivity contribution >= 4 is 15.7 Å². The van der Waals surface area contributed by atoms with Gasteiger partial charge in [0.2, 0.25) is 0 Å². The number of hydrogen-bond acceptors (Lipinski definition) is 3. The number of hydrogen-bond donors (Lipinski definition) is 1. The summed E-state index contributed by atoms with van der Waals surface area (Å²) in [6.07, 6.45) is -3.09. The number of likely N-dealkylation sites (tertiary alicyclic amines) is 1. The molecule has 1 aliphatic rings. The molecule has 1 aliphatic heterocycles. The first-order chi connectivity index (χ1) is 14.2. The molecule has 3 rings (SSSR count).